The fourth-order valence-electron chi connectivity index (χ4n) is 10.4. The number of imidazole rings is 2. The highest BCUT2D eigenvalue weighted by Gasteiger charge is 2.58. The average molecular weight is 831 g/mol. The van der Waals surface area contributed by atoms with Crippen LogP contribution in [0.3, 0.4) is 0 Å². The maximum absolute atomic E-state index is 14.1. The van der Waals surface area contributed by atoms with Crippen LogP contribution in [0.15, 0.2) is 48.8 Å². The maximum atomic E-state index is 14.1. The van der Waals surface area contributed by atoms with E-state index in [0.717, 1.165) is 53.3 Å². The Morgan fingerprint density at radius 1 is 0.754 bits per heavy atom. The molecular formula is C45H50N8O8. The molecule has 16 heteroatoms. The smallest absolute Gasteiger partial charge is 0.407 e. The molecule has 10 rings (SSSR count). The first kappa shape index (κ1) is 39.2. The van der Waals surface area contributed by atoms with Crippen molar-refractivity contribution in [3.63, 3.8) is 0 Å². The van der Waals surface area contributed by atoms with Crippen LogP contribution < -0.4 is 10.6 Å². The number of methoxy groups -OCH3 is 1. The predicted octanol–water partition coefficient (Wildman–Crippen LogP) is 4.89. The van der Waals surface area contributed by atoms with Crippen molar-refractivity contribution >= 4 is 34.8 Å². The summed E-state index contributed by atoms with van der Waals surface area (Å²) in [5, 5.41) is 17.1. The third-order valence-electron chi connectivity index (χ3n) is 13.8. The van der Waals surface area contributed by atoms with E-state index >= 15 is 0 Å². The summed E-state index contributed by atoms with van der Waals surface area (Å²) < 4.78 is 15.9. The maximum Gasteiger partial charge on any atom is 0.407 e. The van der Waals surface area contributed by atoms with E-state index < -0.39 is 24.3 Å². The van der Waals surface area contributed by atoms with E-state index in [-0.39, 0.29) is 47.8 Å². The van der Waals surface area contributed by atoms with Gasteiger partial charge in [-0.25, -0.2) is 19.6 Å². The number of amides is 4. The number of H-pyrrole nitrogens is 2. The van der Waals surface area contributed by atoms with E-state index in [2.05, 4.69) is 49.6 Å². The molecule has 6 heterocycles. The molecule has 2 aliphatic carbocycles. The van der Waals surface area contributed by atoms with Gasteiger partial charge in [-0.05, 0) is 110 Å². The number of piperidine rings is 2. The number of hydrogen-bond acceptors (Lipinski definition) is 9. The van der Waals surface area contributed by atoms with Gasteiger partial charge in [0.1, 0.15) is 29.4 Å². The zero-order valence-corrected chi connectivity index (χ0v) is 34.0. The van der Waals surface area contributed by atoms with Crippen LogP contribution >= 0.6 is 0 Å². The van der Waals surface area contributed by atoms with E-state index in [1.807, 2.05) is 34.1 Å². The molecule has 2 saturated carbocycles. The number of benzene rings is 2. The first-order valence-electron chi connectivity index (χ1n) is 21.5. The predicted molar refractivity (Wildman–Crippen MR) is 220 cm³/mol. The van der Waals surface area contributed by atoms with Crippen LogP contribution in [0.5, 0.6) is 0 Å². The fourth-order valence-corrected chi connectivity index (χ4v) is 10.4. The number of carboxylic acid groups (broad SMARTS) is 1. The Labute approximate surface area is 352 Å². The fraction of sp³-hybridized carbons (Fsp3) is 0.511. The number of carbonyl (C=O) groups is 4. The SMILES string of the molecule is COC(=O)N[C@H](C(=O)N1[C@@H]2C[C@@H]2C[C@H]1c1ncc(C#Cc2ccc3cc(-c4cnc([C@@H]5C[C@H]6C[C@H]6N5C(=O)[C@@H](NC(=O)O)C5CCOCC5)[nH]4)ccc3c2)[nH]1)C1CCOCC1. The summed E-state index contributed by atoms with van der Waals surface area (Å²) in [7, 11) is 1.31. The van der Waals surface area contributed by atoms with Crippen molar-refractivity contribution in [2.45, 2.75) is 87.6 Å². The summed E-state index contributed by atoms with van der Waals surface area (Å²) >= 11 is 0. The van der Waals surface area contributed by atoms with Crippen LogP contribution in [0.4, 0.5) is 9.59 Å². The van der Waals surface area contributed by atoms with Crippen molar-refractivity contribution in [1.29, 1.82) is 0 Å². The van der Waals surface area contributed by atoms with Crippen molar-refractivity contribution in [2.24, 2.45) is 23.7 Å². The number of nitrogens with zero attached hydrogens (tertiary/aromatic N) is 4. The van der Waals surface area contributed by atoms with Crippen LogP contribution in [-0.2, 0) is 23.8 Å². The van der Waals surface area contributed by atoms with Crippen molar-refractivity contribution in [3.8, 4) is 23.1 Å². The lowest BCUT2D eigenvalue weighted by Gasteiger charge is -2.35. The number of aromatic amines is 2. The third-order valence-corrected chi connectivity index (χ3v) is 13.8. The summed E-state index contributed by atoms with van der Waals surface area (Å²) in [6.07, 6.45) is 7.86. The first-order chi connectivity index (χ1) is 29.7. The molecule has 8 atom stereocenters. The Balaban J connectivity index is 0.820. The van der Waals surface area contributed by atoms with Crippen molar-refractivity contribution in [3.05, 3.63) is 71.7 Å². The molecule has 2 aromatic carbocycles. The molecule has 0 unspecified atom stereocenters. The molecular weight excluding hydrogens is 781 g/mol. The molecule has 4 aromatic rings. The van der Waals surface area contributed by atoms with Gasteiger partial charge in [0.2, 0.25) is 11.8 Å². The number of alkyl carbamates (subject to hydrolysis) is 1. The second-order valence-electron chi connectivity index (χ2n) is 17.5. The van der Waals surface area contributed by atoms with Crippen LogP contribution in [0.2, 0.25) is 0 Å². The van der Waals surface area contributed by atoms with Gasteiger partial charge in [-0.3, -0.25) is 9.59 Å². The van der Waals surface area contributed by atoms with Gasteiger partial charge in [-0.1, -0.05) is 24.1 Å². The molecule has 61 heavy (non-hydrogen) atoms. The van der Waals surface area contributed by atoms with Gasteiger partial charge in [-0.15, -0.1) is 0 Å². The van der Waals surface area contributed by atoms with Crippen LogP contribution in [0.1, 0.15) is 86.4 Å². The number of likely N-dealkylation sites (tertiary alicyclic amines) is 2. The number of nitrogens with one attached hydrogen (secondary N) is 4. The Morgan fingerprint density at radius 3 is 1.95 bits per heavy atom. The highest BCUT2D eigenvalue weighted by molar-refractivity contribution is 5.89. The van der Waals surface area contributed by atoms with E-state index in [4.69, 9.17) is 19.2 Å². The van der Waals surface area contributed by atoms with Gasteiger partial charge in [-0.2, -0.15) is 0 Å². The Kier molecular flexibility index (Phi) is 10.4. The first-order valence-corrected chi connectivity index (χ1v) is 21.5. The second kappa shape index (κ2) is 16.2. The summed E-state index contributed by atoms with van der Waals surface area (Å²) in [4.78, 5) is 72.4. The number of ether oxygens (including phenoxy) is 3. The normalized spacial score (nSPS) is 26.7. The summed E-state index contributed by atoms with van der Waals surface area (Å²) in [6, 6.07) is 10.5. The summed E-state index contributed by atoms with van der Waals surface area (Å²) in [5.41, 5.74) is 3.29. The molecule has 0 radical (unpaired) electrons. The molecule has 16 nitrogen and oxygen atoms in total. The van der Waals surface area contributed by atoms with Crippen molar-refractivity contribution < 1.29 is 38.5 Å². The van der Waals surface area contributed by atoms with Gasteiger partial charge in [0, 0.05) is 49.6 Å². The lowest BCUT2D eigenvalue weighted by atomic mass is 9.90. The van der Waals surface area contributed by atoms with Crippen LogP contribution in [-0.4, -0.2) is 117 Å². The topological polar surface area (TPSA) is 204 Å². The Morgan fingerprint density at radius 2 is 1.33 bits per heavy atom. The zero-order chi connectivity index (χ0) is 41.8. The van der Waals surface area contributed by atoms with Crippen LogP contribution in [0, 0.1) is 35.5 Å². The third kappa shape index (κ3) is 7.81. The minimum atomic E-state index is -1.19. The highest BCUT2D eigenvalue weighted by Crippen LogP contribution is 2.54. The molecule has 0 spiro atoms. The van der Waals surface area contributed by atoms with E-state index in [1.165, 1.54) is 7.11 Å². The molecule has 5 N–H and O–H groups in total. The molecule has 4 aliphatic heterocycles. The molecule has 6 aliphatic rings. The quantitative estimate of drug-likeness (QED) is 0.145. The molecule has 6 fully saturated rings. The van der Waals surface area contributed by atoms with Gasteiger partial charge in [0.25, 0.3) is 0 Å². The van der Waals surface area contributed by atoms with E-state index in [9.17, 15) is 24.3 Å². The number of hydrogen-bond donors (Lipinski definition) is 5. The monoisotopic (exact) mass is 830 g/mol. The summed E-state index contributed by atoms with van der Waals surface area (Å²) in [6.45, 7) is 2.15. The van der Waals surface area contributed by atoms with E-state index in [0.29, 0.717) is 81.3 Å². The highest BCUT2D eigenvalue weighted by atomic mass is 16.5. The van der Waals surface area contributed by atoms with E-state index in [1.54, 1.807) is 12.4 Å². The molecule has 2 aromatic heterocycles. The van der Waals surface area contributed by atoms with Gasteiger partial charge >= 0.3 is 12.2 Å². The lowest BCUT2D eigenvalue weighted by Crippen LogP contribution is -2.54. The largest absolute Gasteiger partial charge is 0.465 e. The van der Waals surface area contributed by atoms with Gasteiger partial charge in [0.05, 0.1) is 37.3 Å². The standard InChI is InChI=1S/C45H50N8O8/c1-59-45(58)51-39(26-10-14-61-15-11-26)43(55)52-34-18-30(34)20-36(52)40-46-22-32(48-40)7-3-24-2-4-28-17-29(6-5-27(28)16-24)33-23-47-41(49-33)37-21-31-19-35(31)53(37)42(54)38(50-44(56)57)25-8-12-60-13-9-25/h2,4-6,16-17,22-23,25-26,30-31,34-39,50H,8-15,18-21H2,1H3,(H,46,48)(H,47,49)(H,51,58)(H,56,57)/t30-,31-,34-,35-,36+,37+,38+,39+/m1/s1. The van der Waals surface area contributed by atoms with Gasteiger partial charge in [0.15, 0.2) is 0 Å². The number of aromatic nitrogens is 4. The average Bonchev–Trinajstić information content (AvgIpc) is 3.88. The van der Waals surface area contributed by atoms with Crippen LogP contribution in [0.25, 0.3) is 22.0 Å². The van der Waals surface area contributed by atoms with Crippen molar-refractivity contribution in [2.75, 3.05) is 33.5 Å². The molecule has 4 amide bonds. The van der Waals surface area contributed by atoms with Crippen molar-refractivity contribution in [1.82, 2.24) is 40.4 Å². The Bertz CT molecular complexity index is 2410. The number of fused-ring (bicyclic) bond motifs is 3. The minimum Gasteiger partial charge on any atom is -0.465 e. The molecule has 318 valence electrons. The molecule has 4 saturated heterocycles. The minimum absolute atomic E-state index is 0.0337. The molecule has 0 bridgehead atoms. The Hall–Kier alpha value is -5.92. The lowest BCUT2D eigenvalue weighted by molar-refractivity contribution is -0.138. The number of carbonyl (C=O) groups excluding carboxylic acids is 3. The summed E-state index contributed by atoms with van der Waals surface area (Å²) in [5.74, 6) is 8.30. The second-order valence-corrected chi connectivity index (χ2v) is 17.5. The van der Waals surface area contributed by atoms with Gasteiger partial charge < -0.3 is 49.7 Å². The number of rotatable bonds is 9. The zero-order valence-electron chi connectivity index (χ0n) is 34.0.